The van der Waals surface area contributed by atoms with Crippen molar-refractivity contribution < 1.29 is 4.79 Å². The molecule has 0 aromatic carbocycles. The van der Waals surface area contributed by atoms with Crippen LogP contribution in [0.5, 0.6) is 0 Å². The van der Waals surface area contributed by atoms with E-state index in [0.29, 0.717) is 17.5 Å². The van der Waals surface area contributed by atoms with Gasteiger partial charge < -0.3 is 0 Å². The SMILES string of the molecule is CCCCN1C(=O)C2C=CC=NC2=NC1=S. The van der Waals surface area contributed by atoms with Gasteiger partial charge in [0, 0.05) is 12.8 Å². The van der Waals surface area contributed by atoms with Gasteiger partial charge in [0.1, 0.15) is 11.8 Å². The lowest BCUT2D eigenvalue weighted by Crippen LogP contribution is -2.46. The van der Waals surface area contributed by atoms with Crippen LogP contribution < -0.4 is 0 Å². The number of dihydropyridines is 1. The van der Waals surface area contributed by atoms with Gasteiger partial charge in [-0.3, -0.25) is 9.69 Å². The van der Waals surface area contributed by atoms with E-state index in [2.05, 4.69) is 16.9 Å². The number of unbranched alkanes of at least 4 members (excludes halogenated alkanes) is 1. The first-order valence-electron chi connectivity index (χ1n) is 5.39. The molecule has 84 valence electrons. The molecule has 2 heterocycles. The van der Waals surface area contributed by atoms with Crippen LogP contribution in [0.25, 0.3) is 0 Å². The van der Waals surface area contributed by atoms with Crippen LogP contribution in [0.2, 0.25) is 0 Å². The molecule has 1 unspecified atom stereocenters. The van der Waals surface area contributed by atoms with E-state index in [-0.39, 0.29) is 11.8 Å². The zero-order chi connectivity index (χ0) is 11.5. The molecule has 1 atom stereocenters. The van der Waals surface area contributed by atoms with Crippen LogP contribution in [-0.4, -0.2) is 34.5 Å². The van der Waals surface area contributed by atoms with Gasteiger partial charge in [0.2, 0.25) is 11.0 Å². The van der Waals surface area contributed by atoms with E-state index >= 15 is 0 Å². The maximum atomic E-state index is 12.1. The van der Waals surface area contributed by atoms with Gasteiger partial charge >= 0.3 is 0 Å². The van der Waals surface area contributed by atoms with E-state index in [1.54, 1.807) is 17.2 Å². The molecule has 4 nitrogen and oxygen atoms in total. The van der Waals surface area contributed by atoms with Crippen molar-refractivity contribution in [2.45, 2.75) is 19.8 Å². The van der Waals surface area contributed by atoms with Crippen molar-refractivity contribution in [3.8, 4) is 0 Å². The Morgan fingerprint density at radius 1 is 1.56 bits per heavy atom. The second-order valence-corrected chi connectivity index (χ2v) is 4.10. The van der Waals surface area contributed by atoms with E-state index in [0.717, 1.165) is 12.8 Å². The zero-order valence-corrected chi connectivity index (χ0v) is 9.91. The molecule has 0 spiro atoms. The third-order valence-electron chi connectivity index (χ3n) is 2.58. The number of nitrogens with zero attached hydrogens (tertiary/aromatic N) is 3. The molecule has 0 aromatic rings. The van der Waals surface area contributed by atoms with Gasteiger partial charge in [0.25, 0.3) is 0 Å². The normalized spacial score (nSPS) is 23.4. The fourth-order valence-corrected chi connectivity index (χ4v) is 1.96. The predicted molar refractivity (Wildman–Crippen MR) is 67.8 cm³/mol. The zero-order valence-electron chi connectivity index (χ0n) is 9.09. The number of rotatable bonds is 3. The quantitative estimate of drug-likeness (QED) is 0.697. The summed E-state index contributed by atoms with van der Waals surface area (Å²) >= 11 is 5.11. The highest BCUT2D eigenvalue weighted by Gasteiger charge is 2.34. The van der Waals surface area contributed by atoms with E-state index in [1.165, 1.54) is 0 Å². The summed E-state index contributed by atoms with van der Waals surface area (Å²) in [5.74, 6) is 0.176. The van der Waals surface area contributed by atoms with Crippen LogP contribution in [0, 0.1) is 5.92 Å². The Kier molecular flexibility index (Phi) is 3.24. The first kappa shape index (κ1) is 11.1. The molecule has 0 aromatic heterocycles. The monoisotopic (exact) mass is 235 g/mol. The molecular weight excluding hydrogens is 222 g/mol. The second-order valence-electron chi connectivity index (χ2n) is 3.74. The summed E-state index contributed by atoms with van der Waals surface area (Å²) in [6.45, 7) is 2.73. The minimum Gasteiger partial charge on any atom is -0.287 e. The predicted octanol–water partition coefficient (Wildman–Crippen LogP) is 1.57. The lowest BCUT2D eigenvalue weighted by Gasteiger charge is -2.29. The van der Waals surface area contributed by atoms with Crippen LogP contribution in [0.3, 0.4) is 0 Å². The first-order chi connectivity index (χ1) is 7.74. The van der Waals surface area contributed by atoms with E-state index in [1.807, 2.05) is 6.08 Å². The highest BCUT2D eigenvalue weighted by atomic mass is 32.1. The van der Waals surface area contributed by atoms with Gasteiger partial charge in [-0.2, -0.15) is 0 Å². The molecule has 2 aliphatic heterocycles. The topological polar surface area (TPSA) is 45.0 Å². The molecule has 1 amide bonds. The smallest absolute Gasteiger partial charge is 0.243 e. The average molecular weight is 235 g/mol. The van der Waals surface area contributed by atoms with Crippen molar-refractivity contribution in [2.24, 2.45) is 15.9 Å². The molecule has 0 aliphatic carbocycles. The number of fused-ring (bicyclic) bond motifs is 1. The molecule has 0 saturated carbocycles. The van der Waals surface area contributed by atoms with E-state index in [9.17, 15) is 4.79 Å². The first-order valence-corrected chi connectivity index (χ1v) is 5.79. The molecule has 0 bridgehead atoms. The lowest BCUT2D eigenvalue weighted by molar-refractivity contribution is -0.128. The highest BCUT2D eigenvalue weighted by molar-refractivity contribution is 7.80. The Hall–Kier alpha value is -1.36. The summed E-state index contributed by atoms with van der Waals surface area (Å²) in [5.41, 5.74) is 0. The van der Waals surface area contributed by atoms with Gasteiger partial charge in [-0.15, -0.1) is 0 Å². The Balaban J connectivity index is 2.22. The number of thiocarbonyl (C=S) groups is 1. The Bertz CT molecular complexity index is 411. The third-order valence-corrected chi connectivity index (χ3v) is 2.89. The van der Waals surface area contributed by atoms with Gasteiger partial charge in [-0.25, -0.2) is 9.98 Å². The Morgan fingerprint density at radius 2 is 2.38 bits per heavy atom. The largest absolute Gasteiger partial charge is 0.287 e. The molecule has 2 aliphatic rings. The fraction of sp³-hybridized carbons (Fsp3) is 0.455. The van der Waals surface area contributed by atoms with Crippen molar-refractivity contribution >= 4 is 35.3 Å². The number of hydrogen-bond acceptors (Lipinski definition) is 3. The summed E-state index contributed by atoms with van der Waals surface area (Å²) in [4.78, 5) is 22.0. The van der Waals surface area contributed by atoms with Crippen LogP contribution in [0.4, 0.5) is 0 Å². The Morgan fingerprint density at radius 3 is 3.12 bits per heavy atom. The molecule has 2 rings (SSSR count). The number of carbonyl (C=O) groups excluding carboxylic acids is 1. The van der Waals surface area contributed by atoms with Crippen LogP contribution in [-0.2, 0) is 4.79 Å². The van der Waals surface area contributed by atoms with Crippen molar-refractivity contribution in [3.63, 3.8) is 0 Å². The molecule has 0 saturated heterocycles. The fourth-order valence-electron chi connectivity index (χ4n) is 1.68. The molecule has 0 radical (unpaired) electrons. The van der Waals surface area contributed by atoms with Crippen LogP contribution >= 0.6 is 12.2 Å². The maximum absolute atomic E-state index is 12.1. The van der Waals surface area contributed by atoms with Crippen LogP contribution in [0.15, 0.2) is 22.1 Å². The van der Waals surface area contributed by atoms with Crippen molar-refractivity contribution in [1.29, 1.82) is 0 Å². The summed E-state index contributed by atoms with van der Waals surface area (Å²) in [5, 5.41) is 0.345. The second kappa shape index (κ2) is 4.65. The minimum atomic E-state index is -0.339. The van der Waals surface area contributed by atoms with Crippen molar-refractivity contribution in [3.05, 3.63) is 12.2 Å². The number of hydrogen-bond donors (Lipinski definition) is 0. The highest BCUT2D eigenvalue weighted by Crippen LogP contribution is 2.19. The number of amides is 1. The summed E-state index contributed by atoms with van der Waals surface area (Å²) < 4.78 is 0. The van der Waals surface area contributed by atoms with E-state index in [4.69, 9.17) is 12.2 Å². The summed E-state index contributed by atoms with van der Waals surface area (Å²) in [6.07, 6.45) is 7.19. The molecule has 0 N–H and O–H groups in total. The maximum Gasteiger partial charge on any atom is 0.243 e. The molecular formula is C11H13N3OS. The van der Waals surface area contributed by atoms with Crippen LogP contribution in [0.1, 0.15) is 19.8 Å². The standard InChI is InChI=1S/C11H13N3OS/c1-2-3-7-14-10(15)8-5-4-6-12-9(8)13-11(14)16/h4-6,8H,2-3,7H2,1H3. The number of amidine groups is 1. The van der Waals surface area contributed by atoms with Gasteiger partial charge in [0.05, 0.1) is 0 Å². The number of carbonyl (C=O) groups is 1. The van der Waals surface area contributed by atoms with Crippen molar-refractivity contribution in [2.75, 3.05) is 6.54 Å². The molecule has 16 heavy (non-hydrogen) atoms. The molecule has 0 fully saturated rings. The number of allylic oxidation sites excluding steroid dienone is 1. The third kappa shape index (κ3) is 1.95. The van der Waals surface area contributed by atoms with Crippen molar-refractivity contribution in [1.82, 2.24) is 4.90 Å². The van der Waals surface area contributed by atoms with E-state index < -0.39 is 0 Å². The van der Waals surface area contributed by atoms with Gasteiger partial charge in [-0.05, 0) is 24.7 Å². The average Bonchev–Trinajstić information content (AvgIpc) is 2.29. The molecule has 5 heteroatoms. The minimum absolute atomic E-state index is 0.00319. The summed E-state index contributed by atoms with van der Waals surface area (Å²) in [6, 6.07) is 0. The summed E-state index contributed by atoms with van der Waals surface area (Å²) in [7, 11) is 0. The number of aliphatic imine (C=N–C) groups is 2. The van der Waals surface area contributed by atoms with Gasteiger partial charge in [-0.1, -0.05) is 19.4 Å². The van der Waals surface area contributed by atoms with Gasteiger partial charge in [0.15, 0.2) is 0 Å². The Labute approximate surface area is 99.8 Å². The lowest BCUT2D eigenvalue weighted by atomic mass is 10.0.